The quantitative estimate of drug-likeness (QED) is 0.518. The maximum Gasteiger partial charge on any atom is 0.232 e. The first-order valence-electron chi connectivity index (χ1n) is 12.9. The van der Waals surface area contributed by atoms with Crippen LogP contribution in [0.4, 0.5) is 11.6 Å². The monoisotopic (exact) mass is 511 g/mol. The molecule has 1 aliphatic heterocycles. The zero-order valence-electron chi connectivity index (χ0n) is 20.6. The first kappa shape index (κ1) is 23.6. The van der Waals surface area contributed by atoms with Crippen LogP contribution in [0.1, 0.15) is 42.5 Å². The smallest absolute Gasteiger partial charge is 0.232 e. The number of aromatic nitrogens is 4. The number of nitrogens with two attached hydrogens (primary N) is 1. The lowest BCUT2D eigenvalue weighted by Gasteiger charge is -2.38. The van der Waals surface area contributed by atoms with Gasteiger partial charge in [-0.2, -0.15) is 10.1 Å². The van der Waals surface area contributed by atoms with E-state index in [0.29, 0.717) is 24.3 Å². The molecule has 11 heteroatoms. The molecule has 36 heavy (non-hydrogen) atoms. The summed E-state index contributed by atoms with van der Waals surface area (Å²) in [5.41, 5.74) is 7.64. The third-order valence-electron chi connectivity index (χ3n) is 7.72. The number of carbonyl (C=O) groups excluding carboxylic acids is 1. The molecule has 2 fully saturated rings. The lowest BCUT2D eigenvalue weighted by molar-refractivity contribution is -0.122. The van der Waals surface area contributed by atoms with E-state index in [2.05, 4.69) is 15.3 Å². The fraction of sp³-hybridized carbons (Fsp3) is 0.600. The van der Waals surface area contributed by atoms with Crippen molar-refractivity contribution in [3.8, 4) is 5.88 Å². The number of nitrogens with zero attached hydrogens (tertiary/aromatic N) is 5. The number of ether oxygens (including phenoxy) is 2. The summed E-state index contributed by atoms with van der Waals surface area (Å²) in [7, 11) is 1.87. The van der Waals surface area contributed by atoms with Gasteiger partial charge in [-0.3, -0.25) is 14.4 Å². The highest BCUT2D eigenvalue weighted by atomic mass is 32.1. The Morgan fingerprint density at radius 3 is 2.72 bits per heavy atom. The molecule has 1 amide bonds. The Labute approximate surface area is 214 Å². The molecule has 1 atom stereocenters. The van der Waals surface area contributed by atoms with Crippen molar-refractivity contribution in [2.45, 2.75) is 57.1 Å². The number of thiophene rings is 1. The molecule has 6 rings (SSSR count). The fourth-order valence-electron chi connectivity index (χ4n) is 5.77. The summed E-state index contributed by atoms with van der Waals surface area (Å²) < 4.78 is 13.9. The van der Waals surface area contributed by atoms with Gasteiger partial charge in [0.15, 0.2) is 0 Å². The minimum atomic E-state index is -0.236. The largest absolute Gasteiger partial charge is 0.474 e. The molecule has 3 aliphatic rings. The van der Waals surface area contributed by atoms with Crippen molar-refractivity contribution in [1.29, 1.82) is 0 Å². The Bertz CT molecular complexity index is 1240. The summed E-state index contributed by atoms with van der Waals surface area (Å²) in [6, 6.07) is 0.604. The van der Waals surface area contributed by atoms with Crippen LogP contribution in [0.2, 0.25) is 0 Å². The molecule has 3 aromatic rings. The van der Waals surface area contributed by atoms with E-state index in [1.165, 1.54) is 4.88 Å². The van der Waals surface area contributed by atoms with E-state index in [0.717, 1.165) is 86.3 Å². The Morgan fingerprint density at radius 1 is 1.19 bits per heavy atom. The SMILES string of the molecule is Cn1cc(Nc2nc(OC3CCC(N4CCOCC4)CC3)c3c4c(sc3n2)CC[C@@H](C(N)=O)C4)cn1. The second-order valence-corrected chi connectivity index (χ2v) is 11.2. The van der Waals surface area contributed by atoms with Crippen LogP contribution in [0.15, 0.2) is 12.4 Å². The minimum absolute atomic E-state index is 0.109. The van der Waals surface area contributed by atoms with Crippen LogP contribution >= 0.6 is 11.3 Å². The number of primary amides is 1. The van der Waals surface area contributed by atoms with Crippen LogP contribution in [0.5, 0.6) is 5.88 Å². The van der Waals surface area contributed by atoms with Gasteiger partial charge in [-0.25, -0.2) is 4.98 Å². The number of morpholine rings is 1. The van der Waals surface area contributed by atoms with Crippen LogP contribution in [0, 0.1) is 5.92 Å². The lowest BCUT2D eigenvalue weighted by atomic mass is 9.87. The molecule has 192 valence electrons. The summed E-state index contributed by atoms with van der Waals surface area (Å²) in [4.78, 5) is 26.4. The Hall–Kier alpha value is -2.76. The number of anilines is 2. The van der Waals surface area contributed by atoms with Gasteiger partial charge in [-0.05, 0) is 50.5 Å². The van der Waals surface area contributed by atoms with E-state index >= 15 is 0 Å². The number of hydrogen-bond donors (Lipinski definition) is 2. The van der Waals surface area contributed by atoms with Crippen LogP contribution in [0.25, 0.3) is 10.2 Å². The van der Waals surface area contributed by atoms with Gasteiger partial charge in [0.2, 0.25) is 17.7 Å². The number of aryl methyl sites for hydroxylation is 2. The topological polar surface area (TPSA) is 120 Å². The van der Waals surface area contributed by atoms with E-state index in [9.17, 15) is 4.79 Å². The summed E-state index contributed by atoms with van der Waals surface area (Å²) >= 11 is 1.68. The molecule has 3 N–H and O–H groups in total. The lowest BCUT2D eigenvalue weighted by Crippen LogP contribution is -2.46. The molecule has 10 nitrogen and oxygen atoms in total. The number of hydrogen-bond acceptors (Lipinski definition) is 9. The summed E-state index contributed by atoms with van der Waals surface area (Å²) in [6.45, 7) is 3.71. The van der Waals surface area contributed by atoms with Crippen LogP contribution in [0.3, 0.4) is 0 Å². The molecule has 4 heterocycles. The highest BCUT2D eigenvalue weighted by Gasteiger charge is 2.32. The molecular weight excluding hydrogens is 478 g/mol. The standard InChI is InChI=1S/C25H33N7O3S/c1-31-14-16(13-27-31)28-25-29-23(35-18-5-3-17(4-6-18)32-8-10-34-11-9-32)21-19-12-15(22(26)33)2-7-20(19)36-24(21)30-25/h13-15,17-18H,2-12H2,1H3,(H2,26,33)(H,28,29,30)/t15-,17?,18?/m1/s1. The number of carbonyl (C=O) groups is 1. The van der Waals surface area contributed by atoms with E-state index in [1.54, 1.807) is 22.2 Å². The summed E-state index contributed by atoms with van der Waals surface area (Å²) in [6.07, 6.45) is 10.2. The average Bonchev–Trinajstić information content (AvgIpc) is 3.47. The normalized spacial score (nSPS) is 25.0. The molecule has 0 radical (unpaired) electrons. The highest BCUT2D eigenvalue weighted by Crippen LogP contribution is 2.42. The minimum Gasteiger partial charge on any atom is -0.474 e. The average molecular weight is 512 g/mol. The molecular formula is C25H33N7O3S. The second kappa shape index (κ2) is 9.95. The Balaban J connectivity index is 1.28. The van der Waals surface area contributed by atoms with Crippen LogP contribution in [-0.2, 0) is 29.4 Å². The Kier molecular flexibility index (Phi) is 6.53. The molecule has 0 aromatic carbocycles. The summed E-state index contributed by atoms with van der Waals surface area (Å²) in [5.74, 6) is 0.723. The van der Waals surface area contributed by atoms with Gasteiger partial charge < -0.3 is 20.5 Å². The van der Waals surface area contributed by atoms with Crippen molar-refractivity contribution < 1.29 is 14.3 Å². The van der Waals surface area contributed by atoms with Gasteiger partial charge in [0, 0.05) is 43.2 Å². The fourth-order valence-corrected chi connectivity index (χ4v) is 6.98. The molecule has 3 aromatic heterocycles. The number of nitrogens with one attached hydrogen (secondary N) is 1. The van der Waals surface area contributed by atoms with Crippen molar-refractivity contribution in [2.24, 2.45) is 18.7 Å². The zero-order valence-corrected chi connectivity index (χ0v) is 21.4. The highest BCUT2D eigenvalue weighted by molar-refractivity contribution is 7.18. The predicted octanol–water partition coefficient (Wildman–Crippen LogP) is 2.78. The van der Waals surface area contributed by atoms with Gasteiger partial charge in [-0.15, -0.1) is 11.3 Å². The van der Waals surface area contributed by atoms with E-state index < -0.39 is 0 Å². The first-order valence-corrected chi connectivity index (χ1v) is 13.7. The number of amides is 1. The van der Waals surface area contributed by atoms with Crippen LogP contribution < -0.4 is 15.8 Å². The van der Waals surface area contributed by atoms with Gasteiger partial charge in [0.05, 0.1) is 30.5 Å². The summed E-state index contributed by atoms with van der Waals surface area (Å²) in [5, 5.41) is 8.46. The molecule has 1 saturated carbocycles. The van der Waals surface area contributed by atoms with Gasteiger partial charge >= 0.3 is 0 Å². The van der Waals surface area contributed by atoms with Crippen molar-refractivity contribution in [3.05, 3.63) is 22.8 Å². The Morgan fingerprint density at radius 2 is 2.00 bits per heavy atom. The van der Waals surface area contributed by atoms with Gasteiger partial charge in [0.1, 0.15) is 10.9 Å². The molecule has 0 unspecified atom stereocenters. The maximum atomic E-state index is 12.0. The molecule has 0 bridgehead atoms. The number of fused-ring (bicyclic) bond motifs is 3. The molecule has 0 spiro atoms. The van der Waals surface area contributed by atoms with Crippen molar-refractivity contribution in [1.82, 2.24) is 24.6 Å². The third-order valence-corrected chi connectivity index (χ3v) is 8.90. The van der Waals surface area contributed by atoms with E-state index in [4.69, 9.17) is 25.2 Å². The molecule has 2 aliphatic carbocycles. The van der Waals surface area contributed by atoms with Gasteiger partial charge in [0.25, 0.3) is 0 Å². The van der Waals surface area contributed by atoms with E-state index in [-0.39, 0.29) is 17.9 Å². The van der Waals surface area contributed by atoms with E-state index in [1.807, 2.05) is 13.2 Å². The number of rotatable bonds is 6. The zero-order chi connectivity index (χ0) is 24.6. The third kappa shape index (κ3) is 4.79. The van der Waals surface area contributed by atoms with Crippen molar-refractivity contribution in [3.63, 3.8) is 0 Å². The molecule has 1 saturated heterocycles. The van der Waals surface area contributed by atoms with Crippen molar-refractivity contribution >= 4 is 39.1 Å². The second-order valence-electron chi connectivity index (χ2n) is 10.1. The van der Waals surface area contributed by atoms with Gasteiger partial charge in [-0.1, -0.05) is 0 Å². The first-order chi connectivity index (χ1) is 17.5. The van der Waals surface area contributed by atoms with Crippen molar-refractivity contribution in [2.75, 3.05) is 31.6 Å². The van der Waals surface area contributed by atoms with Crippen LogP contribution in [-0.4, -0.2) is 69.0 Å². The predicted molar refractivity (Wildman–Crippen MR) is 138 cm³/mol. The maximum absolute atomic E-state index is 12.0.